The van der Waals surface area contributed by atoms with Crippen LogP contribution in [0.2, 0.25) is 0 Å². The van der Waals surface area contributed by atoms with E-state index in [1.165, 1.54) is 19.5 Å². The van der Waals surface area contributed by atoms with Crippen LogP contribution < -0.4 is 4.74 Å². The van der Waals surface area contributed by atoms with Crippen LogP contribution >= 0.6 is 0 Å². The standard InChI is InChI=1S/C19H25F5N2O3/c1-5-26(3)11-25-15-7-16(28-4)14(6-12(15)2)17(27,19(22,23)24)10-29-9-13-8-18(13,20)21/h6-7,11,13,27H,5,8-10H2,1-4H3/b25-11+. The molecule has 0 radical (unpaired) electrons. The fourth-order valence-corrected chi connectivity index (χ4v) is 2.66. The molecule has 1 N–H and O–H groups in total. The fourth-order valence-electron chi connectivity index (χ4n) is 2.66. The van der Waals surface area contributed by atoms with Gasteiger partial charge in [0.1, 0.15) is 5.75 Å². The highest BCUT2D eigenvalue weighted by atomic mass is 19.4. The number of alkyl halides is 5. The van der Waals surface area contributed by atoms with Crippen LogP contribution in [0.5, 0.6) is 5.75 Å². The van der Waals surface area contributed by atoms with Crippen molar-refractivity contribution in [2.24, 2.45) is 10.9 Å². The molecule has 0 amide bonds. The summed E-state index contributed by atoms with van der Waals surface area (Å²) in [5.41, 5.74) is -3.24. The Bertz CT molecular complexity index is 754. The number of aryl methyl sites for hydroxylation is 1. The third-order valence-corrected chi connectivity index (χ3v) is 4.91. The molecular weight excluding hydrogens is 399 g/mol. The van der Waals surface area contributed by atoms with Crippen LogP contribution in [0, 0.1) is 12.8 Å². The smallest absolute Gasteiger partial charge is 0.423 e. The van der Waals surface area contributed by atoms with Crippen molar-refractivity contribution in [3.8, 4) is 5.75 Å². The van der Waals surface area contributed by atoms with E-state index in [-0.39, 0.29) is 5.75 Å². The van der Waals surface area contributed by atoms with Gasteiger partial charge in [-0.1, -0.05) is 0 Å². The second-order valence-corrected chi connectivity index (χ2v) is 7.19. The molecule has 0 aliphatic heterocycles. The Balaban J connectivity index is 2.34. The first kappa shape index (κ1) is 23.3. The summed E-state index contributed by atoms with van der Waals surface area (Å²) in [5.74, 6) is -4.28. The quantitative estimate of drug-likeness (QED) is 0.369. The van der Waals surface area contributed by atoms with Gasteiger partial charge in [-0.25, -0.2) is 13.8 Å². The van der Waals surface area contributed by atoms with E-state index in [9.17, 15) is 27.1 Å². The Morgan fingerprint density at radius 3 is 2.45 bits per heavy atom. The molecule has 5 nitrogen and oxygen atoms in total. The molecule has 164 valence electrons. The summed E-state index contributed by atoms with van der Waals surface area (Å²) in [7, 11) is 2.95. The van der Waals surface area contributed by atoms with Crippen molar-refractivity contribution in [3.63, 3.8) is 0 Å². The molecule has 1 fully saturated rings. The molecule has 29 heavy (non-hydrogen) atoms. The van der Waals surface area contributed by atoms with Gasteiger partial charge in [0.05, 0.1) is 38.3 Å². The molecule has 1 aromatic rings. The molecule has 1 aliphatic carbocycles. The van der Waals surface area contributed by atoms with Crippen molar-refractivity contribution in [2.75, 3.05) is 33.9 Å². The largest absolute Gasteiger partial charge is 0.496 e. The highest BCUT2D eigenvalue weighted by Gasteiger charge is 2.59. The maximum absolute atomic E-state index is 13.8. The van der Waals surface area contributed by atoms with Gasteiger partial charge in [-0.05, 0) is 25.5 Å². The first-order valence-electron chi connectivity index (χ1n) is 9.04. The number of rotatable bonds is 9. The molecule has 0 heterocycles. The Labute approximate surface area is 166 Å². The van der Waals surface area contributed by atoms with Gasteiger partial charge >= 0.3 is 6.18 Å². The first-order valence-corrected chi connectivity index (χ1v) is 9.04. The average Bonchev–Trinajstić information content (AvgIpc) is 3.25. The van der Waals surface area contributed by atoms with E-state index >= 15 is 0 Å². The maximum atomic E-state index is 13.8. The summed E-state index contributed by atoms with van der Waals surface area (Å²) in [5, 5.41) is 10.5. The van der Waals surface area contributed by atoms with Crippen molar-refractivity contribution in [2.45, 2.75) is 38.0 Å². The predicted molar refractivity (Wildman–Crippen MR) is 98.0 cm³/mol. The fraction of sp³-hybridized carbons (Fsp3) is 0.632. The number of hydrogen-bond acceptors (Lipinski definition) is 4. The van der Waals surface area contributed by atoms with Crippen LogP contribution in [0.4, 0.5) is 27.6 Å². The van der Waals surface area contributed by atoms with Crippen molar-refractivity contribution < 1.29 is 36.5 Å². The van der Waals surface area contributed by atoms with Gasteiger partial charge in [-0.2, -0.15) is 13.2 Å². The molecule has 0 saturated heterocycles. The van der Waals surface area contributed by atoms with Crippen molar-refractivity contribution >= 4 is 12.0 Å². The minimum Gasteiger partial charge on any atom is -0.496 e. The van der Waals surface area contributed by atoms with E-state index in [4.69, 9.17) is 9.47 Å². The van der Waals surface area contributed by atoms with Crippen molar-refractivity contribution in [1.82, 2.24) is 4.90 Å². The predicted octanol–water partition coefficient (Wildman–Crippen LogP) is 4.04. The minimum atomic E-state index is -5.12. The second-order valence-electron chi connectivity index (χ2n) is 7.19. The van der Waals surface area contributed by atoms with Gasteiger partial charge in [0.15, 0.2) is 0 Å². The van der Waals surface area contributed by atoms with Crippen LogP contribution in [0.1, 0.15) is 24.5 Å². The highest BCUT2D eigenvalue weighted by molar-refractivity contribution is 5.65. The third-order valence-electron chi connectivity index (χ3n) is 4.91. The van der Waals surface area contributed by atoms with Crippen LogP contribution in [-0.4, -0.2) is 62.4 Å². The number of methoxy groups -OCH3 is 1. The molecule has 1 aromatic carbocycles. The van der Waals surface area contributed by atoms with E-state index in [2.05, 4.69) is 4.99 Å². The molecule has 1 aliphatic rings. The summed E-state index contributed by atoms with van der Waals surface area (Å²) in [4.78, 5) is 5.99. The topological polar surface area (TPSA) is 54.3 Å². The summed E-state index contributed by atoms with van der Waals surface area (Å²) in [6.07, 6.45) is -4.03. The van der Waals surface area contributed by atoms with Gasteiger partial charge in [-0.15, -0.1) is 0 Å². The minimum absolute atomic E-state index is 0.234. The molecule has 0 bridgehead atoms. The number of nitrogens with zero attached hydrogens (tertiary/aromatic N) is 2. The van der Waals surface area contributed by atoms with E-state index < -0.39 is 48.8 Å². The van der Waals surface area contributed by atoms with E-state index in [1.807, 2.05) is 6.92 Å². The van der Waals surface area contributed by atoms with Crippen LogP contribution in [-0.2, 0) is 10.3 Å². The van der Waals surface area contributed by atoms with E-state index in [1.54, 1.807) is 18.9 Å². The highest BCUT2D eigenvalue weighted by Crippen LogP contribution is 2.49. The molecule has 0 spiro atoms. The summed E-state index contributed by atoms with van der Waals surface area (Å²) >= 11 is 0. The van der Waals surface area contributed by atoms with E-state index in [0.29, 0.717) is 17.8 Å². The zero-order valence-electron chi connectivity index (χ0n) is 16.7. The summed E-state index contributed by atoms with van der Waals surface area (Å²) < 4.78 is 77.1. The monoisotopic (exact) mass is 424 g/mol. The molecule has 10 heteroatoms. The van der Waals surface area contributed by atoms with Crippen LogP contribution in [0.15, 0.2) is 17.1 Å². The Morgan fingerprint density at radius 1 is 1.34 bits per heavy atom. The summed E-state index contributed by atoms with van der Waals surface area (Å²) in [6.45, 7) is 2.34. The number of aliphatic imine (C=N–C) groups is 1. The zero-order valence-corrected chi connectivity index (χ0v) is 16.7. The van der Waals surface area contributed by atoms with Crippen molar-refractivity contribution in [3.05, 3.63) is 23.3 Å². The Morgan fingerprint density at radius 2 is 1.97 bits per heavy atom. The lowest BCUT2D eigenvalue weighted by Crippen LogP contribution is -2.46. The SMILES string of the molecule is CCN(C)/C=N/c1cc(OC)c(C(O)(COCC2CC2(F)F)C(F)(F)F)cc1C. The number of aliphatic hydroxyl groups is 1. The second kappa shape index (κ2) is 8.43. The lowest BCUT2D eigenvalue weighted by Gasteiger charge is -2.32. The number of halogens is 5. The molecule has 2 unspecified atom stereocenters. The average molecular weight is 424 g/mol. The normalized spacial score (nSPS) is 20.6. The van der Waals surface area contributed by atoms with Gasteiger partial charge in [-0.3, -0.25) is 0 Å². The molecule has 2 atom stereocenters. The molecule has 1 saturated carbocycles. The van der Waals surface area contributed by atoms with Gasteiger partial charge in [0.25, 0.3) is 5.92 Å². The zero-order chi connectivity index (χ0) is 22.0. The lowest BCUT2D eigenvalue weighted by atomic mass is 9.91. The Kier molecular flexibility index (Phi) is 6.79. The third kappa shape index (κ3) is 5.16. The van der Waals surface area contributed by atoms with Gasteiger partial charge in [0, 0.05) is 31.6 Å². The lowest BCUT2D eigenvalue weighted by molar-refractivity contribution is -0.282. The Hall–Kier alpha value is -1.94. The van der Waals surface area contributed by atoms with Crippen LogP contribution in [0.3, 0.4) is 0 Å². The van der Waals surface area contributed by atoms with Crippen molar-refractivity contribution in [1.29, 1.82) is 0 Å². The maximum Gasteiger partial charge on any atom is 0.423 e. The number of benzene rings is 1. The first-order chi connectivity index (χ1) is 13.4. The molecule has 2 rings (SSSR count). The number of ether oxygens (including phenoxy) is 2. The molecular formula is C19H25F5N2O3. The van der Waals surface area contributed by atoms with Gasteiger partial charge in [0.2, 0.25) is 5.60 Å². The van der Waals surface area contributed by atoms with Gasteiger partial charge < -0.3 is 19.5 Å². The number of hydrogen-bond donors (Lipinski definition) is 1. The van der Waals surface area contributed by atoms with Crippen LogP contribution in [0.25, 0.3) is 0 Å². The molecule has 0 aromatic heterocycles. The van der Waals surface area contributed by atoms with E-state index in [0.717, 1.165) is 6.07 Å². The summed E-state index contributed by atoms with van der Waals surface area (Å²) in [6, 6.07) is 2.41.